The Morgan fingerprint density at radius 3 is 2.24 bits per heavy atom. The lowest BCUT2D eigenvalue weighted by atomic mass is 9.97. The molecule has 0 aliphatic heterocycles. The van der Waals surface area contributed by atoms with Crippen molar-refractivity contribution in [2.75, 3.05) is 6.54 Å². The molecule has 0 radical (unpaired) electrons. The Kier molecular flexibility index (Phi) is 4.32. The van der Waals surface area contributed by atoms with Crippen molar-refractivity contribution < 1.29 is 22.0 Å². The van der Waals surface area contributed by atoms with E-state index < -0.39 is 35.7 Å². The lowest BCUT2D eigenvalue weighted by molar-refractivity contribution is -0.137. The Balaban J connectivity index is 3.21. The minimum atomic E-state index is -4.67. The van der Waals surface area contributed by atoms with Crippen molar-refractivity contribution >= 4 is 11.6 Å². The van der Waals surface area contributed by atoms with Gasteiger partial charge in [0.25, 0.3) is 0 Å². The molecule has 0 aromatic heterocycles. The van der Waals surface area contributed by atoms with Crippen LogP contribution in [0.3, 0.4) is 0 Å². The molecule has 2 N–H and O–H groups in total. The molecule has 0 spiro atoms. The maximum absolute atomic E-state index is 12.5. The summed E-state index contributed by atoms with van der Waals surface area (Å²) in [4.78, 5) is 0. The molecular weight excluding hydrogens is 265 g/mol. The van der Waals surface area contributed by atoms with Crippen molar-refractivity contribution in [3.05, 3.63) is 34.3 Å². The summed E-state index contributed by atoms with van der Waals surface area (Å²) < 4.78 is 62.5. The van der Waals surface area contributed by atoms with E-state index in [9.17, 15) is 22.0 Å². The first-order chi connectivity index (χ1) is 7.77. The number of rotatable bonds is 3. The van der Waals surface area contributed by atoms with Crippen LogP contribution in [0.1, 0.15) is 17.0 Å². The molecule has 1 unspecified atom stereocenters. The van der Waals surface area contributed by atoms with Gasteiger partial charge in [0.05, 0.1) is 16.5 Å². The quantitative estimate of drug-likeness (QED) is 0.836. The van der Waals surface area contributed by atoms with Crippen molar-refractivity contribution in [1.29, 1.82) is 0 Å². The monoisotopic (exact) mass is 273 g/mol. The fourth-order valence-corrected chi connectivity index (χ4v) is 1.60. The zero-order valence-corrected chi connectivity index (χ0v) is 9.19. The van der Waals surface area contributed by atoms with Gasteiger partial charge in [-0.1, -0.05) is 17.7 Å². The Morgan fingerprint density at radius 1 is 1.24 bits per heavy atom. The summed E-state index contributed by atoms with van der Waals surface area (Å²) in [5.74, 6) is -1.42. The summed E-state index contributed by atoms with van der Waals surface area (Å²) in [6, 6.07) is 2.69. The average Bonchev–Trinajstić information content (AvgIpc) is 2.19. The van der Waals surface area contributed by atoms with Gasteiger partial charge in [-0.15, -0.1) is 0 Å². The highest BCUT2D eigenvalue weighted by molar-refractivity contribution is 6.31. The highest BCUT2D eigenvalue weighted by atomic mass is 35.5. The predicted octanol–water partition coefficient (Wildman–Crippen LogP) is 3.67. The topological polar surface area (TPSA) is 26.0 Å². The second-order valence-electron chi connectivity index (χ2n) is 3.41. The zero-order chi connectivity index (χ0) is 13.2. The van der Waals surface area contributed by atoms with Crippen LogP contribution in [0.2, 0.25) is 5.02 Å². The summed E-state index contributed by atoms with van der Waals surface area (Å²) in [6.07, 6.45) is -7.49. The van der Waals surface area contributed by atoms with Crippen LogP contribution in [0.5, 0.6) is 0 Å². The molecule has 1 aromatic carbocycles. The second kappa shape index (κ2) is 5.18. The molecule has 0 saturated carbocycles. The van der Waals surface area contributed by atoms with E-state index in [0.717, 1.165) is 12.1 Å². The average molecular weight is 274 g/mol. The molecule has 0 heterocycles. The van der Waals surface area contributed by atoms with Crippen LogP contribution in [-0.2, 0) is 6.18 Å². The lowest BCUT2D eigenvalue weighted by Crippen LogP contribution is -2.20. The van der Waals surface area contributed by atoms with Crippen molar-refractivity contribution in [2.24, 2.45) is 5.73 Å². The Labute approximate surface area is 99.4 Å². The molecule has 7 heteroatoms. The molecule has 0 bridgehead atoms. The van der Waals surface area contributed by atoms with Crippen LogP contribution in [0, 0.1) is 0 Å². The summed E-state index contributed by atoms with van der Waals surface area (Å²) in [6.45, 7) is -0.434. The van der Waals surface area contributed by atoms with Gasteiger partial charge in [0.2, 0.25) is 6.43 Å². The Bertz CT molecular complexity index is 391. The lowest BCUT2D eigenvalue weighted by Gasteiger charge is -2.17. The molecule has 17 heavy (non-hydrogen) atoms. The number of benzene rings is 1. The molecule has 1 atom stereocenters. The molecule has 0 aliphatic carbocycles. The minimum Gasteiger partial charge on any atom is -0.330 e. The smallest absolute Gasteiger partial charge is 0.330 e. The van der Waals surface area contributed by atoms with Gasteiger partial charge in [0.15, 0.2) is 0 Å². The van der Waals surface area contributed by atoms with Gasteiger partial charge in [0.1, 0.15) is 0 Å². The van der Waals surface area contributed by atoms with Crippen LogP contribution in [0.25, 0.3) is 0 Å². The highest BCUT2D eigenvalue weighted by Gasteiger charge is 2.34. The van der Waals surface area contributed by atoms with Crippen LogP contribution < -0.4 is 5.73 Å². The zero-order valence-electron chi connectivity index (χ0n) is 8.44. The first kappa shape index (κ1) is 14.2. The van der Waals surface area contributed by atoms with Gasteiger partial charge in [-0.05, 0) is 17.7 Å². The number of hydrogen-bond donors (Lipinski definition) is 1. The van der Waals surface area contributed by atoms with E-state index in [-0.39, 0.29) is 5.56 Å². The fraction of sp³-hybridized carbons (Fsp3) is 0.400. The third-order valence-corrected chi connectivity index (χ3v) is 2.61. The fourth-order valence-electron chi connectivity index (χ4n) is 1.38. The number of alkyl halides is 5. The Hall–Kier alpha value is -0.880. The molecular formula is C10H9ClF5N. The first-order valence-corrected chi connectivity index (χ1v) is 5.00. The third-order valence-electron chi connectivity index (χ3n) is 2.28. The van der Waals surface area contributed by atoms with E-state index in [2.05, 4.69) is 0 Å². The SMILES string of the molecule is NCC(c1ccc(Cl)c(C(F)(F)F)c1)C(F)F. The highest BCUT2D eigenvalue weighted by Crippen LogP contribution is 2.37. The Morgan fingerprint density at radius 2 is 1.82 bits per heavy atom. The van der Waals surface area contributed by atoms with E-state index in [1.54, 1.807) is 0 Å². The van der Waals surface area contributed by atoms with Gasteiger partial charge in [-0.2, -0.15) is 13.2 Å². The van der Waals surface area contributed by atoms with Gasteiger partial charge in [0, 0.05) is 6.54 Å². The standard InChI is InChI=1S/C10H9ClF5N/c11-8-2-1-5(6(4-17)9(12)13)3-7(8)10(14,15)16/h1-3,6,9H,4,17H2. The van der Waals surface area contributed by atoms with E-state index in [1.165, 1.54) is 0 Å². The largest absolute Gasteiger partial charge is 0.417 e. The molecule has 0 aliphatic rings. The van der Waals surface area contributed by atoms with Gasteiger partial charge in [-0.25, -0.2) is 8.78 Å². The van der Waals surface area contributed by atoms with Crippen LogP contribution >= 0.6 is 11.6 Å². The van der Waals surface area contributed by atoms with Crippen molar-refractivity contribution in [2.45, 2.75) is 18.5 Å². The summed E-state index contributed by atoms with van der Waals surface area (Å²) >= 11 is 5.37. The molecule has 96 valence electrons. The normalized spacial score (nSPS) is 14.1. The molecule has 0 fully saturated rings. The summed E-state index contributed by atoms with van der Waals surface area (Å²) in [7, 11) is 0. The molecule has 1 nitrogen and oxygen atoms in total. The summed E-state index contributed by atoms with van der Waals surface area (Å²) in [5.41, 5.74) is 3.81. The van der Waals surface area contributed by atoms with Crippen LogP contribution in [0.4, 0.5) is 22.0 Å². The van der Waals surface area contributed by atoms with Gasteiger partial charge >= 0.3 is 6.18 Å². The van der Waals surface area contributed by atoms with Crippen molar-refractivity contribution in [3.8, 4) is 0 Å². The minimum absolute atomic E-state index is 0.167. The van der Waals surface area contributed by atoms with E-state index >= 15 is 0 Å². The number of nitrogens with two attached hydrogens (primary N) is 1. The number of hydrogen-bond acceptors (Lipinski definition) is 1. The maximum Gasteiger partial charge on any atom is 0.417 e. The molecule has 1 aromatic rings. The van der Waals surface area contributed by atoms with Gasteiger partial charge in [-0.3, -0.25) is 0 Å². The van der Waals surface area contributed by atoms with Crippen molar-refractivity contribution in [3.63, 3.8) is 0 Å². The van der Waals surface area contributed by atoms with Gasteiger partial charge < -0.3 is 5.73 Å². The predicted molar refractivity (Wildman–Crippen MR) is 54.3 cm³/mol. The second-order valence-corrected chi connectivity index (χ2v) is 3.82. The third kappa shape index (κ3) is 3.29. The molecule has 0 amide bonds. The van der Waals surface area contributed by atoms with Crippen LogP contribution in [-0.4, -0.2) is 13.0 Å². The maximum atomic E-state index is 12.5. The van der Waals surface area contributed by atoms with E-state index in [1.807, 2.05) is 0 Å². The van der Waals surface area contributed by atoms with E-state index in [4.69, 9.17) is 17.3 Å². The summed E-state index contributed by atoms with van der Waals surface area (Å²) in [5, 5.41) is -0.522. The van der Waals surface area contributed by atoms with Crippen molar-refractivity contribution in [1.82, 2.24) is 0 Å². The first-order valence-electron chi connectivity index (χ1n) is 4.62. The molecule has 0 saturated heterocycles. The van der Waals surface area contributed by atoms with E-state index in [0.29, 0.717) is 6.07 Å². The molecule has 1 rings (SSSR count). The number of halogens is 6. The van der Waals surface area contributed by atoms with Crippen LogP contribution in [0.15, 0.2) is 18.2 Å².